The molecule has 8 nitrogen and oxygen atoms in total. The zero-order valence-corrected chi connectivity index (χ0v) is 21.2. The van der Waals surface area contributed by atoms with Crippen LogP contribution in [0.1, 0.15) is 29.9 Å². The maximum absolute atomic E-state index is 13.4. The fraction of sp³-hybridized carbons (Fsp3) is 0.200. The lowest BCUT2D eigenvalue weighted by atomic mass is 10.0. The van der Waals surface area contributed by atoms with Crippen molar-refractivity contribution >= 4 is 33.9 Å². The Kier molecular flexibility index (Phi) is 7.31. The van der Waals surface area contributed by atoms with Crippen molar-refractivity contribution < 1.29 is 23.5 Å². The Labute approximate surface area is 219 Å². The number of H-pyrrole nitrogens is 1. The van der Waals surface area contributed by atoms with E-state index < -0.39 is 12.1 Å². The van der Waals surface area contributed by atoms with E-state index in [4.69, 9.17) is 13.9 Å². The van der Waals surface area contributed by atoms with Gasteiger partial charge in [-0.05, 0) is 36.2 Å². The van der Waals surface area contributed by atoms with Crippen molar-refractivity contribution in [3.63, 3.8) is 0 Å². The number of aromatic amines is 1. The Morgan fingerprint density at radius 2 is 1.76 bits per heavy atom. The molecule has 0 saturated carbocycles. The van der Waals surface area contributed by atoms with Gasteiger partial charge in [0.05, 0.1) is 13.2 Å². The largest absolute Gasteiger partial charge is 0.493 e. The molecule has 3 aromatic carbocycles. The van der Waals surface area contributed by atoms with Crippen LogP contribution in [0, 0.1) is 0 Å². The number of carbonyl (C=O) groups excluding carboxylic acids is 2. The van der Waals surface area contributed by atoms with Gasteiger partial charge in [-0.3, -0.25) is 4.79 Å². The lowest BCUT2D eigenvalue weighted by molar-refractivity contribution is -0.123. The van der Waals surface area contributed by atoms with Crippen molar-refractivity contribution in [2.75, 3.05) is 7.11 Å². The van der Waals surface area contributed by atoms with E-state index in [-0.39, 0.29) is 25.0 Å². The molecule has 2 atom stereocenters. The van der Waals surface area contributed by atoms with Crippen LogP contribution >= 0.6 is 0 Å². The number of alkyl carbamates (subject to hydrolysis) is 1. The third-order valence-electron chi connectivity index (χ3n) is 6.49. The molecule has 2 aromatic heterocycles. The van der Waals surface area contributed by atoms with Crippen LogP contribution in [-0.4, -0.2) is 30.1 Å². The van der Waals surface area contributed by atoms with Gasteiger partial charge < -0.3 is 29.5 Å². The number of para-hydroxylation sites is 2. The third-order valence-corrected chi connectivity index (χ3v) is 6.49. The fourth-order valence-electron chi connectivity index (χ4n) is 4.51. The molecule has 0 radical (unpaired) electrons. The molecular weight excluding hydrogens is 482 g/mol. The molecule has 0 aliphatic carbocycles. The Morgan fingerprint density at radius 1 is 0.974 bits per heavy atom. The maximum atomic E-state index is 13.4. The van der Waals surface area contributed by atoms with Crippen LogP contribution in [0.25, 0.3) is 21.9 Å². The van der Waals surface area contributed by atoms with E-state index in [1.807, 2.05) is 79.9 Å². The van der Waals surface area contributed by atoms with E-state index >= 15 is 0 Å². The maximum Gasteiger partial charge on any atom is 0.408 e. The van der Waals surface area contributed by atoms with Crippen molar-refractivity contribution in [2.24, 2.45) is 0 Å². The molecule has 5 aromatic rings. The average molecular weight is 512 g/mol. The summed E-state index contributed by atoms with van der Waals surface area (Å²) in [6.45, 7) is 1.82. The van der Waals surface area contributed by atoms with Crippen LogP contribution in [0.4, 0.5) is 4.79 Å². The summed E-state index contributed by atoms with van der Waals surface area (Å²) >= 11 is 0. The highest BCUT2D eigenvalue weighted by Crippen LogP contribution is 2.28. The summed E-state index contributed by atoms with van der Waals surface area (Å²) in [7, 11) is 1.57. The Bertz CT molecular complexity index is 1560. The first-order valence-corrected chi connectivity index (χ1v) is 12.4. The minimum absolute atomic E-state index is 0.0918. The van der Waals surface area contributed by atoms with Gasteiger partial charge in [0.15, 0.2) is 17.9 Å². The molecule has 0 aliphatic rings. The summed E-state index contributed by atoms with van der Waals surface area (Å²) < 4.78 is 16.6. The van der Waals surface area contributed by atoms with Crippen molar-refractivity contribution in [3.05, 3.63) is 102 Å². The second-order valence-corrected chi connectivity index (χ2v) is 9.07. The van der Waals surface area contributed by atoms with Gasteiger partial charge in [-0.15, -0.1) is 0 Å². The number of methoxy groups -OCH3 is 1. The first-order chi connectivity index (χ1) is 18.5. The van der Waals surface area contributed by atoms with Crippen molar-refractivity contribution in [1.82, 2.24) is 15.6 Å². The first kappa shape index (κ1) is 25.0. The molecule has 5 rings (SSSR count). The monoisotopic (exact) mass is 511 g/mol. The van der Waals surface area contributed by atoms with Crippen molar-refractivity contribution in [2.45, 2.75) is 32.0 Å². The van der Waals surface area contributed by atoms with Crippen LogP contribution in [0.3, 0.4) is 0 Å². The van der Waals surface area contributed by atoms with Gasteiger partial charge in [0.25, 0.3) is 0 Å². The summed E-state index contributed by atoms with van der Waals surface area (Å²) in [4.78, 5) is 29.4. The summed E-state index contributed by atoms with van der Waals surface area (Å²) in [5.41, 5.74) is 3.43. The Balaban J connectivity index is 1.30. The standard InChI is InChI=1S/C30H29N3O5/c1-19(20-9-4-3-5-10-20)32-29(34)26(16-22-17-31-25-13-7-6-12-24(22)25)33-30(35)37-18-23-15-21-11-8-14-27(36-2)28(21)38-23/h3-15,17,19,26,31H,16,18H2,1-2H3,(H,32,34)(H,33,35)/t19-,26+/m0/s1. The number of aromatic nitrogens is 1. The summed E-state index contributed by atoms with van der Waals surface area (Å²) in [6, 6.07) is 23.7. The minimum Gasteiger partial charge on any atom is -0.493 e. The summed E-state index contributed by atoms with van der Waals surface area (Å²) in [5, 5.41) is 7.60. The molecule has 0 unspecified atom stereocenters. The van der Waals surface area contributed by atoms with Crippen LogP contribution in [0.2, 0.25) is 0 Å². The SMILES string of the molecule is COc1cccc2cc(COC(=O)N[C@H](Cc3c[nH]c4ccccc34)C(=O)N[C@@H](C)c3ccccc3)oc12. The summed E-state index contributed by atoms with van der Waals surface area (Å²) in [5.74, 6) is 0.758. The zero-order valence-electron chi connectivity index (χ0n) is 21.2. The van der Waals surface area contributed by atoms with Crippen LogP contribution < -0.4 is 15.4 Å². The quantitative estimate of drug-likeness (QED) is 0.238. The predicted molar refractivity (Wildman–Crippen MR) is 145 cm³/mol. The number of amides is 2. The molecule has 194 valence electrons. The van der Waals surface area contributed by atoms with Gasteiger partial charge in [0, 0.05) is 28.9 Å². The molecule has 2 amide bonds. The van der Waals surface area contributed by atoms with Gasteiger partial charge in [0.2, 0.25) is 5.91 Å². The highest BCUT2D eigenvalue weighted by atomic mass is 16.6. The second kappa shape index (κ2) is 11.1. The normalized spacial score (nSPS) is 12.7. The molecule has 8 heteroatoms. The van der Waals surface area contributed by atoms with E-state index in [2.05, 4.69) is 15.6 Å². The Hall–Kier alpha value is -4.72. The molecule has 3 N–H and O–H groups in total. The summed E-state index contributed by atoms with van der Waals surface area (Å²) in [6.07, 6.45) is 1.43. The van der Waals surface area contributed by atoms with E-state index in [9.17, 15) is 9.59 Å². The smallest absolute Gasteiger partial charge is 0.408 e. The van der Waals surface area contributed by atoms with Gasteiger partial charge in [-0.1, -0.05) is 60.7 Å². The van der Waals surface area contributed by atoms with Gasteiger partial charge in [-0.25, -0.2) is 4.79 Å². The Morgan fingerprint density at radius 3 is 2.58 bits per heavy atom. The van der Waals surface area contributed by atoms with E-state index in [0.29, 0.717) is 17.1 Å². The molecule has 0 spiro atoms. The molecular formula is C30H29N3O5. The first-order valence-electron chi connectivity index (χ1n) is 12.4. The number of rotatable bonds is 9. The average Bonchev–Trinajstić information content (AvgIpc) is 3.56. The molecule has 0 aliphatic heterocycles. The predicted octanol–water partition coefficient (Wildman–Crippen LogP) is 5.64. The van der Waals surface area contributed by atoms with Crippen molar-refractivity contribution in [1.29, 1.82) is 0 Å². The second-order valence-electron chi connectivity index (χ2n) is 9.07. The number of hydrogen-bond acceptors (Lipinski definition) is 5. The zero-order chi connectivity index (χ0) is 26.5. The highest BCUT2D eigenvalue weighted by molar-refractivity contribution is 5.88. The molecule has 0 fully saturated rings. The van der Waals surface area contributed by atoms with Crippen LogP contribution in [-0.2, 0) is 22.6 Å². The fourth-order valence-corrected chi connectivity index (χ4v) is 4.51. The number of fused-ring (bicyclic) bond motifs is 2. The number of nitrogens with one attached hydrogen (secondary N) is 3. The molecule has 0 bridgehead atoms. The number of furan rings is 1. The van der Waals surface area contributed by atoms with E-state index in [1.165, 1.54) is 0 Å². The molecule has 0 saturated heterocycles. The van der Waals surface area contributed by atoms with Gasteiger partial charge >= 0.3 is 6.09 Å². The molecule has 2 heterocycles. The van der Waals surface area contributed by atoms with Crippen LogP contribution in [0.5, 0.6) is 5.75 Å². The van der Waals surface area contributed by atoms with Crippen molar-refractivity contribution in [3.8, 4) is 5.75 Å². The number of carbonyl (C=O) groups is 2. The topological polar surface area (TPSA) is 106 Å². The molecule has 38 heavy (non-hydrogen) atoms. The lowest BCUT2D eigenvalue weighted by Crippen LogP contribution is -2.48. The van der Waals surface area contributed by atoms with E-state index in [1.54, 1.807) is 19.2 Å². The van der Waals surface area contributed by atoms with Crippen LogP contribution in [0.15, 0.2) is 89.5 Å². The van der Waals surface area contributed by atoms with Gasteiger partial charge in [0.1, 0.15) is 11.8 Å². The highest BCUT2D eigenvalue weighted by Gasteiger charge is 2.25. The number of ether oxygens (including phenoxy) is 2. The van der Waals surface area contributed by atoms with E-state index in [0.717, 1.165) is 27.4 Å². The number of benzene rings is 3. The minimum atomic E-state index is -0.858. The number of hydrogen-bond donors (Lipinski definition) is 3. The lowest BCUT2D eigenvalue weighted by Gasteiger charge is -2.21. The third kappa shape index (κ3) is 5.49. The van der Waals surface area contributed by atoms with Gasteiger partial charge in [-0.2, -0.15) is 0 Å².